The molecule has 1 aromatic heterocycles. The summed E-state index contributed by atoms with van der Waals surface area (Å²) in [5.41, 5.74) is 9.91. The van der Waals surface area contributed by atoms with Gasteiger partial charge >= 0.3 is 0 Å². The summed E-state index contributed by atoms with van der Waals surface area (Å²) in [6, 6.07) is 7.48. The smallest absolute Gasteiger partial charge is 0.101 e. The van der Waals surface area contributed by atoms with Crippen LogP contribution in [0.15, 0.2) is 24.4 Å². The minimum atomic E-state index is 0.493. The zero-order chi connectivity index (χ0) is 13.8. The molecule has 0 fully saturated rings. The molecule has 19 heavy (non-hydrogen) atoms. The summed E-state index contributed by atoms with van der Waals surface area (Å²) in [4.78, 5) is 0. The van der Waals surface area contributed by atoms with Crippen LogP contribution < -0.4 is 11.1 Å². The quantitative estimate of drug-likeness (QED) is 0.819. The Labute approximate surface area is 112 Å². The molecule has 0 atom stereocenters. The zero-order valence-electron chi connectivity index (χ0n) is 11.1. The molecule has 0 saturated carbocycles. The number of aryl methyl sites for hydroxylation is 2. The van der Waals surface area contributed by atoms with Gasteiger partial charge in [0.2, 0.25) is 0 Å². The van der Waals surface area contributed by atoms with Gasteiger partial charge in [-0.1, -0.05) is 13.0 Å². The van der Waals surface area contributed by atoms with E-state index in [1.165, 1.54) is 0 Å². The first kappa shape index (κ1) is 13.0. The van der Waals surface area contributed by atoms with Gasteiger partial charge < -0.3 is 11.1 Å². The molecule has 0 radical (unpaired) electrons. The highest BCUT2D eigenvalue weighted by Crippen LogP contribution is 2.23. The Bertz CT molecular complexity index is 621. The Morgan fingerprint density at radius 3 is 2.95 bits per heavy atom. The lowest BCUT2D eigenvalue weighted by molar-refractivity contribution is 0.746. The normalized spacial score (nSPS) is 10.2. The predicted octanol–water partition coefficient (Wildman–Crippen LogP) is 2.05. The van der Waals surface area contributed by atoms with Gasteiger partial charge in [0.05, 0.1) is 22.6 Å². The Morgan fingerprint density at radius 2 is 2.26 bits per heavy atom. The number of anilines is 2. The van der Waals surface area contributed by atoms with E-state index in [0.717, 1.165) is 23.4 Å². The molecule has 0 aliphatic heterocycles. The highest BCUT2D eigenvalue weighted by Gasteiger charge is 2.08. The van der Waals surface area contributed by atoms with Crippen LogP contribution in [0.3, 0.4) is 0 Å². The van der Waals surface area contributed by atoms with Gasteiger partial charge in [-0.05, 0) is 18.6 Å². The second-order valence-corrected chi connectivity index (χ2v) is 4.36. The summed E-state index contributed by atoms with van der Waals surface area (Å²) in [5.74, 6) is 0. The highest BCUT2D eigenvalue weighted by molar-refractivity contribution is 5.72. The van der Waals surface area contributed by atoms with E-state index in [1.807, 2.05) is 30.1 Å². The second-order valence-electron chi connectivity index (χ2n) is 4.36. The summed E-state index contributed by atoms with van der Waals surface area (Å²) >= 11 is 0. The van der Waals surface area contributed by atoms with Gasteiger partial charge in [0.1, 0.15) is 6.07 Å². The number of rotatable bonds is 4. The SMILES string of the molecule is CCc1nn(C)cc1CNc1cccc(C#N)c1N. The van der Waals surface area contributed by atoms with Crippen LogP contribution in [0, 0.1) is 11.3 Å². The highest BCUT2D eigenvalue weighted by atomic mass is 15.3. The zero-order valence-corrected chi connectivity index (χ0v) is 11.1. The van der Waals surface area contributed by atoms with E-state index in [-0.39, 0.29) is 0 Å². The number of nitrogen functional groups attached to an aromatic ring is 1. The van der Waals surface area contributed by atoms with Crippen molar-refractivity contribution in [3.05, 3.63) is 41.2 Å². The lowest BCUT2D eigenvalue weighted by Crippen LogP contribution is -2.04. The third-order valence-electron chi connectivity index (χ3n) is 3.02. The average molecular weight is 255 g/mol. The average Bonchev–Trinajstić information content (AvgIpc) is 2.78. The summed E-state index contributed by atoms with van der Waals surface area (Å²) in [7, 11) is 1.91. The minimum absolute atomic E-state index is 0.493. The molecular formula is C14H17N5. The largest absolute Gasteiger partial charge is 0.396 e. The standard InChI is InChI=1S/C14H17N5/c1-3-12-11(9-19(2)18-12)8-17-13-6-4-5-10(7-15)14(13)16/h4-6,9,17H,3,8,16H2,1-2H3. The third kappa shape index (κ3) is 2.68. The third-order valence-corrected chi connectivity index (χ3v) is 3.02. The van der Waals surface area contributed by atoms with E-state index >= 15 is 0 Å². The molecule has 0 saturated heterocycles. The van der Waals surface area contributed by atoms with E-state index in [4.69, 9.17) is 11.0 Å². The fourth-order valence-corrected chi connectivity index (χ4v) is 2.04. The van der Waals surface area contributed by atoms with E-state index in [0.29, 0.717) is 17.8 Å². The molecule has 1 aromatic carbocycles. The Hall–Kier alpha value is -2.48. The summed E-state index contributed by atoms with van der Waals surface area (Å²) in [6.45, 7) is 2.73. The maximum absolute atomic E-state index is 8.94. The van der Waals surface area contributed by atoms with Crippen molar-refractivity contribution in [1.29, 1.82) is 5.26 Å². The van der Waals surface area contributed by atoms with E-state index in [9.17, 15) is 0 Å². The molecule has 2 rings (SSSR count). The molecule has 0 aliphatic carbocycles. The number of nitriles is 1. The molecule has 0 aliphatic rings. The van der Waals surface area contributed by atoms with Crippen LogP contribution in [0.5, 0.6) is 0 Å². The first-order chi connectivity index (χ1) is 9.15. The van der Waals surface area contributed by atoms with Crippen molar-refractivity contribution < 1.29 is 0 Å². The van der Waals surface area contributed by atoms with Gasteiger partial charge in [-0.25, -0.2) is 0 Å². The molecule has 0 spiro atoms. The lowest BCUT2D eigenvalue weighted by Gasteiger charge is -2.09. The van der Waals surface area contributed by atoms with Crippen molar-refractivity contribution in [3.63, 3.8) is 0 Å². The number of nitrogens with zero attached hydrogens (tertiary/aromatic N) is 3. The number of para-hydroxylation sites is 1. The molecule has 1 heterocycles. The second kappa shape index (κ2) is 5.44. The number of nitrogens with two attached hydrogens (primary N) is 1. The Balaban J connectivity index is 2.17. The first-order valence-electron chi connectivity index (χ1n) is 6.19. The molecular weight excluding hydrogens is 238 g/mol. The summed E-state index contributed by atoms with van der Waals surface area (Å²) < 4.78 is 1.81. The van der Waals surface area contributed by atoms with Gasteiger partial charge in [-0.3, -0.25) is 4.68 Å². The number of nitrogens with one attached hydrogen (secondary N) is 1. The molecule has 3 N–H and O–H groups in total. The van der Waals surface area contributed by atoms with Gasteiger partial charge in [0.15, 0.2) is 0 Å². The molecule has 0 amide bonds. The summed E-state index contributed by atoms with van der Waals surface area (Å²) in [5, 5.41) is 16.6. The minimum Gasteiger partial charge on any atom is -0.396 e. The van der Waals surface area contributed by atoms with Crippen molar-refractivity contribution in [3.8, 4) is 6.07 Å². The van der Waals surface area contributed by atoms with Gasteiger partial charge in [-0.15, -0.1) is 0 Å². The van der Waals surface area contributed by atoms with Crippen LogP contribution in [0.4, 0.5) is 11.4 Å². The van der Waals surface area contributed by atoms with Gasteiger partial charge in [0, 0.05) is 25.4 Å². The van der Waals surface area contributed by atoms with Gasteiger partial charge in [-0.2, -0.15) is 10.4 Å². The van der Waals surface area contributed by atoms with Crippen molar-refractivity contribution in [2.75, 3.05) is 11.1 Å². The fraction of sp³-hybridized carbons (Fsp3) is 0.286. The maximum atomic E-state index is 8.94. The molecule has 0 bridgehead atoms. The predicted molar refractivity (Wildman–Crippen MR) is 75.5 cm³/mol. The lowest BCUT2D eigenvalue weighted by atomic mass is 10.1. The van der Waals surface area contributed by atoms with Crippen LogP contribution >= 0.6 is 0 Å². The van der Waals surface area contributed by atoms with Gasteiger partial charge in [0.25, 0.3) is 0 Å². The number of aromatic nitrogens is 2. The van der Waals surface area contributed by atoms with Crippen LogP contribution in [0.1, 0.15) is 23.7 Å². The molecule has 98 valence electrons. The van der Waals surface area contributed by atoms with E-state index < -0.39 is 0 Å². The molecule has 5 nitrogen and oxygen atoms in total. The Morgan fingerprint density at radius 1 is 1.47 bits per heavy atom. The van der Waals surface area contributed by atoms with Crippen molar-refractivity contribution in [2.24, 2.45) is 7.05 Å². The molecule has 0 unspecified atom stereocenters. The first-order valence-corrected chi connectivity index (χ1v) is 6.19. The van der Waals surface area contributed by atoms with Crippen molar-refractivity contribution >= 4 is 11.4 Å². The number of benzene rings is 1. The van der Waals surface area contributed by atoms with Crippen molar-refractivity contribution in [2.45, 2.75) is 19.9 Å². The number of hydrogen-bond acceptors (Lipinski definition) is 4. The van der Waals surface area contributed by atoms with E-state index in [1.54, 1.807) is 6.07 Å². The number of hydrogen-bond donors (Lipinski definition) is 2. The monoisotopic (exact) mass is 255 g/mol. The van der Waals surface area contributed by atoms with Crippen LogP contribution in [-0.4, -0.2) is 9.78 Å². The Kier molecular flexibility index (Phi) is 3.71. The summed E-state index contributed by atoms with van der Waals surface area (Å²) in [6.07, 6.45) is 2.89. The maximum Gasteiger partial charge on any atom is 0.101 e. The molecule has 5 heteroatoms. The van der Waals surface area contributed by atoms with Crippen LogP contribution in [0.2, 0.25) is 0 Å². The fourth-order valence-electron chi connectivity index (χ4n) is 2.04. The van der Waals surface area contributed by atoms with Crippen LogP contribution in [0.25, 0.3) is 0 Å². The molecule has 2 aromatic rings. The van der Waals surface area contributed by atoms with Crippen molar-refractivity contribution in [1.82, 2.24) is 9.78 Å². The van der Waals surface area contributed by atoms with Crippen LogP contribution in [-0.2, 0) is 20.0 Å². The topological polar surface area (TPSA) is 79.7 Å². The van der Waals surface area contributed by atoms with E-state index in [2.05, 4.69) is 23.4 Å².